The fraction of sp³-hybridized carbons (Fsp3) is 0.200. The van der Waals surface area contributed by atoms with E-state index in [1.807, 2.05) is 0 Å². The SMILES string of the molecule is CCc1nnc(Cl)n1-c1ccc(F)c(F)c1F. The average molecular weight is 262 g/mol. The van der Waals surface area contributed by atoms with E-state index >= 15 is 0 Å². The van der Waals surface area contributed by atoms with Crippen molar-refractivity contribution in [3.05, 3.63) is 40.7 Å². The fourth-order valence-electron chi connectivity index (χ4n) is 1.45. The Morgan fingerprint density at radius 3 is 2.53 bits per heavy atom. The monoisotopic (exact) mass is 261 g/mol. The summed E-state index contributed by atoms with van der Waals surface area (Å²) < 4.78 is 40.6. The number of halogens is 4. The van der Waals surface area contributed by atoms with Crippen LogP contribution < -0.4 is 0 Å². The van der Waals surface area contributed by atoms with E-state index in [9.17, 15) is 13.2 Å². The van der Waals surface area contributed by atoms with Crippen LogP contribution in [-0.2, 0) is 6.42 Å². The summed E-state index contributed by atoms with van der Waals surface area (Å²) in [5.74, 6) is -3.76. The number of aryl methyl sites for hydroxylation is 1. The molecule has 17 heavy (non-hydrogen) atoms. The number of rotatable bonds is 2. The second-order valence-electron chi connectivity index (χ2n) is 3.27. The van der Waals surface area contributed by atoms with Gasteiger partial charge >= 0.3 is 0 Å². The molecule has 2 aromatic rings. The van der Waals surface area contributed by atoms with Crippen molar-refractivity contribution in [3.63, 3.8) is 0 Å². The molecule has 2 rings (SSSR count). The summed E-state index contributed by atoms with van der Waals surface area (Å²) in [6.07, 6.45) is 0.429. The van der Waals surface area contributed by atoms with Crippen LogP contribution in [0.2, 0.25) is 5.28 Å². The zero-order valence-electron chi connectivity index (χ0n) is 8.72. The van der Waals surface area contributed by atoms with E-state index < -0.39 is 17.5 Å². The molecule has 0 saturated heterocycles. The fourth-order valence-corrected chi connectivity index (χ4v) is 1.68. The van der Waals surface area contributed by atoms with Gasteiger partial charge < -0.3 is 0 Å². The first-order valence-corrected chi connectivity index (χ1v) is 5.17. The minimum Gasteiger partial charge on any atom is -0.267 e. The van der Waals surface area contributed by atoms with Gasteiger partial charge in [0.1, 0.15) is 5.82 Å². The Kier molecular flexibility index (Phi) is 3.06. The van der Waals surface area contributed by atoms with Crippen LogP contribution in [0.5, 0.6) is 0 Å². The second-order valence-corrected chi connectivity index (χ2v) is 3.61. The molecule has 0 amide bonds. The van der Waals surface area contributed by atoms with Crippen LogP contribution in [0.3, 0.4) is 0 Å². The van der Waals surface area contributed by atoms with Gasteiger partial charge in [-0.3, -0.25) is 4.57 Å². The van der Waals surface area contributed by atoms with E-state index in [0.717, 1.165) is 16.7 Å². The van der Waals surface area contributed by atoms with Gasteiger partial charge in [0.15, 0.2) is 17.5 Å². The van der Waals surface area contributed by atoms with Gasteiger partial charge in [-0.2, -0.15) is 0 Å². The smallest absolute Gasteiger partial charge is 0.229 e. The predicted molar refractivity (Wildman–Crippen MR) is 55.6 cm³/mol. The molecule has 0 spiro atoms. The van der Waals surface area contributed by atoms with Crippen molar-refractivity contribution >= 4 is 11.6 Å². The zero-order chi connectivity index (χ0) is 12.6. The van der Waals surface area contributed by atoms with E-state index in [4.69, 9.17) is 11.6 Å². The molecule has 1 heterocycles. The summed E-state index contributed by atoms with van der Waals surface area (Å²) in [5.41, 5.74) is -0.212. The van der Waals surface area contributed by atoms with Gasteiger partial charge in [0.2, 0.25) is 5.28 Å². The van der Waals surface area contributed by atoms with Crippen LogP contribution in [0.25, 0.3) is 5.69 Å². The maximum absolute atomic E-state index is 13.6. The van der Waals surface area contributed by atoms with E-state index in [0.29, 0.717) is 12.2 Å². The summed E-state index contributed by atoms with van der Waals surface area (Å²) in [7, 11) is 0. The first-order valence-electron chi connectivity index (χ1n) is 4.80. The third-order valence-corrected chi connectivity index (χ3v) is 2.51. The quantitative estimate of drug-likeness (QED) is 0.778. The van der Waals surface area contributed by atoms with Crippen molar-refractivity contribution in [2.24, 2.45) is 0 Å². The number of hydrogen-bond donors (Lipinski definition) is 0. The Hall–Kier alpha value is -1.56. The van der Waals surface area contributed by atoms with Crippen molar-refractivity contribution in [3.8, 4) is 5.69 Å². The molecule has 0 aliphatic rings. The largest absolute Gasteiger partial charge is 0.267 e. The topological polar surface area (TPSA) is 30.7 Å². The lowest BCUT2D eigenvalue weighted by atomic mass is 10.2. The Morgan fingerprint density at radius 2 is 1.88 bits per heavy atom. The molecule has 0 aliphatic heterocycles. The van der Waals surface area contributed by atoms with Crippen molar-refractivity contribution in [2.75, 3.05) is 0 Å². The number of hydrogen-bond acceptors (Lipinski definition) is 2. The first-order chi connectivity index (χ1) is 8.06. The lowest BCUT2D eigenvalue weighted by molar-refractivity contribution is 0.444. The average Bonchev–Trinajstić information content (AvgIpc) is 2.68. The maximum atomic E-state index is 13.6. The molecule has 0 unspecified atom stereocenters. The van der Waals surface area contributed by atoms with Gasteiger partial charge in [0, 0.05) is 6.42 Å². The highest BCUT2D eigenvalue weighted by atomic mass is 35.5. The molecule has 0 bridgehead atoms. The Labute approximate surface area is 99.8 Å². The Balaban J connectivity index is 2.68. The van der Waals surface area contributed by atoms with Crippen LogP contribution in [0.4, 0.5) is 13.2 Å². The summed E-state index contributed by atoms with van der Waals surface area (Å²) >= 11 is 5.73. The summed E-state index contributed by atoms with van der Waals surface area (Å²) in [5, 5.41) is 7.15. The van der Waals surface area contributed by atoms with Crippen molar-refractivity contribution in [1.82, 2.24) is 14.8 Å². The van der Waals surface area contributed by atoms with Crippen LogP contribution in [0.1, 0.15) is 12.7 Å². The first kappa shape index (κ1) is 11.9. The Bertz CT molecular complexity index is 568. The van der Waals surface area contributed by atoms with E-state index in [2.05, 4.69) is 10.2 Å². The van der Waals surface area contributed by atoms with Crippen molar-refractivity contribution < 1.29 is 13.2 Å². The van der Waals surface area contributed by atoms with Gasteiger partial charge in [-0.15, -0.1) is 10.2 Å². The van der Waals surface area contributed by atoms with Crippen LogP contribution in [0.15, 0.2) is 12.1 Å². The van der Waals surface area contributed by atoms with E-state index in [1.165, 1.54) is 0 Å². The van der Waals surface area contributed by atoms with Crippen LogP contribution in [0, 0.1) is 17.5 Å². The normalized spacial score (nSPS) is 10.9. The molecule has 1 aromatic carbocycles. The molecular formula is C10H7ClF3N3. The van der Waals surface area contributed by atoms with Gasteiger partial charge in [-0.05, 0) is 23.7 Å². The lowest BCUT2D eigenvalue weighted by Crippen LogP contribution is -2.05. The molecule has 0 N–H and O–H groups in total. The van der Waals surface area contributed by atoms with Gasteiger partial charge in [-0.1, -0.05) is 6.92 Å². The second kappa shape index (κ2) is 4.37. The number of nitrogens with zero attached hydrogens (tertiary/aromatic N) is 3. The van der Waals surface area contributed by atoms with Crippen molar-refractivity contribution in [2.45, 2.75) is 13.3 Å². The van der Waals surface area contributed by atoms with Gasteiger partial charge in [-0.25, -0.2) is 13.2 Å². The third-order valence-electron chi connectivity index (χ3n) is 2.26. The molecule has 0 fully saturated rings. The predicted octanol–water partition coefficient (Wildman–Crippen LogP) is 2.90. The summed E-state index contributed by atoms with van der Waals surface area (Å²) in [6, 6.07) is 1.91. The number of aromatic nitrogens is 3. The summed E-state index contributed by atoms with van der Waals surface area (Å²) in [6.45, 7) is 1.76. The molecular weight excluding hydrogens is 255 g/mol. The highest BCUT2D eigenvalue weighted by Crippen LogP contribution is 2.23. The van der Waals surface area contributed by atoms with Crippen molar-refractivity contribution in [1.29, 1.82) is 0 Å². The molecule has 90 valence electrons. The van der Waals surface area contributed by atoms with Crippen LogP contribution >= 0.6 is 11.6 Å². The molecule has 0 aliphatic carbocycles. The summed E-state index contributed by atoms with van der Waals surface area (Å²) in [4.78, 5) is 0. The van der Waals surface area contributed by atoms with Gasteiger partial charge in [0.05, 0.1) is 5.69 Å². The van der Waals surface area contributed by atoms with Crippen LogP contribution in [-0.4, -0.2) is 14.8 Å². The molecule has 3 nitrogen and oxygen atoms in total. The zero-order valence-corrected chi connectivity index (χ0v) is 9.47. The Morgan fingerprint density at radius 1 is 1.18 bits per heavy atom. The standard InChI is InChI=1S/C10H7ClF3N3/c1-2-7-15-16-10(11)17(7)6-4-3-5(12)8(13)9(6)14/h3-4H,2H2,1H3. The molecule has 0 radical (unpaired) electrons. The molecule has 1 aromatic heterocycles. The lowest BCUT2D eigenvalue weighted by Gasteiger charge is -2.08. The molecule has 0 saturated carbocycles. The van der Waals surface area contributed by atoms with Gasteiger partial charge in [0.25, 0.3) is 0 Å². The molecule has 0 atom stereocenters. The van der Waals surface area contributed by atoms with E-state index in [1.54, 1.807) is 6.92 Å². The highest BCUT2D eigenvalue weighted by molar-refractivity contribution is 6.28. The van der Waals surface area contributed by atoms with E-state index in [-0.39, 0.29) is 11.0 Å². The third kappa shape index (κ3) is 1.88. The minimum atomic E-state index is -1.55. The highest BCUT2D eigenvalue weighted by Gasteiger charge is 2.19. The number of benzene rings is 1. The molecule has 7 heteroatoms. The maximum Gasteiger partial charge on any atom is 0.229 e. The minimum absolute atomic E-state index is 0.105.